The average Bonchev–Trinajstić information content (AvgIpc) is 3.30. The first-order chi connectivity index (χ1) is 14.2. The van der Waals surface area contributed by atoms with Gasteiger partial charge in [-0.15, -0.1) is 0 Å². The van der Waals surface area contributed by atoms with Crippen LogP contribution in [-0.4, -0.2) is 27.2 Å². The van der Waals surface area contributed by atoms with Gasteiger partial charge < -0.3 is 19.5 Å². The smallest absolute Gasteiger partial charge is 0.220 e. The molecule has 29 heavy (non-hydrogen) atoms. The minimum atomic E-state index is -0.0121. The van der Waals surface area contributed by atoms with E-state index in [-0.39, 0.29) is 5.91 Å². The number of carbonyl (C=O) groups is 1. The van der Waals surface area contributed by atoms with Crippen molar-refractivity contribution in [2.75, 3.05) is 21.3 Å². The van der Waals surface area contributed by atoms with Crippen molar-refractivity contribution in [1.29, 1.82) is 0 Å². The monoisotopic (exact) mass is 411 g/mol. The lowest BCUT2D eigenvalue weighted by atomic mass is 10.0. The second-order valence-electron chi connectivity index (χ2n) is 6.44. The van der Waals surface area contributed by atoms with Crippen LogP contribution in [0.25, 0.3) is 11.1 Å². The summed E-state index contributed by atoms with van der Waals surface area (Å²) in [6, 6.07) is 14.0. The number of thiophene rings is 1. The van der Waals surface area contributed by atoms with Gasteiger partial charge in [-0.2, -0.15) is 11.3 Å². The fraction of sp³-hybridized carbons (Fsp3) is 0.261. The van der Waals surface area contributed by atoms with E-state index >= 15 is 0 Å². The Bertz CT molecular complexity index is 954. The van der Waals surface area contributed by atoms with Gasteiger partial charge in [0.15, 0.2) is 11.5 Å². The number of aryl methyl sites for hydroxylation is 1. The first-order valence-electron chi connectivity index (χ1n) is 9.33. The second-order valence-corrected chi connectivity index (χ2v) is 7.22. The lowest BCUT2D eigenvalue weighted by Crippen LogP contribution is -2.23. The Morgan fingerprint density at radius 3 is 2.41 bits per heavy atom. The molecule has 0 radical (unpaired) electrons. The Balaban J connectivity index is 1.63. The van der Waals surface area contributed by atoms with Gasteiger partial charge in [-0.3, -0.25) is 4.79 Å². The summed E-state index contributed by atoms with van der Waals surface area (Å²) in [7, 11) is 4.74. The molecule has 1 amide bonds. The predicted octanol–water partition coefficient (Wildman–Crippen LogP) is 4.69. The van der Waals surface area contributed by atoms with Crippen LogP contribution >= 0.6 is 11.3 Å². The zero-order valence-corrected chi connectivity index (χ0v) is 17.7. The van der Waals surface area contributed by atoms with E-state index < -0.39 is 0 Å². The molecule has 0 saturated carbocycles. The SMILES string of the molecule is COc1ccc(CCC(=O)NCc2ccccc2-c2ccsc2)c(OC)c1OC. The Morgan fingerprint density at radius 1 is 0.931 bits per heavy atom. The third-order valence-electron chi connectivity index (χ3n) is 4.73. The van der Waals surface area contributed by atoms with E-state index in [4.69, 9.17) is 14.2 Å². The number of carbonyl (C=O) groups excluding carboxylic acids is 1. The number of methoxy groups -OCH3 is 3. The van der Waals surface area contributed by atoms with Crippen LogP contribution in [0.5, 0.6) is 17.2 Å². The molecular weight excluding hydrogens is 386 g/mol. The molecule has 0 spiro atoms. The topological polar surface area (TPSA) is 56.8 Å². The van der Waals surface area contributed by atoms with Gasteiger partial charge in [-0.05, 0) is 51.6 Å². The zero-order valence-electron chi connectivity index (χ0n) is 16.9. The van der Waals surface area contributed by atoms with Crippen molar-refractivity contribution < 1.29 is 19.0 Å². The zero-order chi connectivity index (χ0) is 20.6. The highest BCUT2D eigenvalue weighted by molar-refractivity contribution is 7.08. The lowest BCUT2D eigenvalue weighted by Gasteiger charge is -2.15. The number of hydrogen-bond donors (Lipinski definition) is 1. The van der Waals surface area contributed by atoms with Crippen molar-refractivity contribution >= 4 is 17.2 Å². The Labute approximate surface area is 175 Å². The average molecular weight is 412 g/mol. The molecule has 152 valence electrons. The number of nitrogens with one attached hydrogen (secondary N) is 1. The van der Waals surface area contributed by atoms with Crippen LogP contribution in [0.2, 0.25) is 0 Å². The van der Waals surface area contributed by atoms with Crippen molar-refractivity contribution in [3.05, 3.63) is 64.4 Å². The summed E-state index contributed by atoms with van der Waals surface area (Å²) in [4.78, 5) is 12.5. The lowest BCUT2D eigenvalue weighted by molar-refractivity contribution is -0.121. The summed E-state index contributed by atoms with van der Waals surface area (Å²) in [5.41, 5.74) is 4.33. The van der Waals surface area contributed by atoms with Gasteiger partial charge in [0.25, 0.3) is 0 Å². The maximum atomic E-state index is 12.5. The minimum Gasteiger partial charge on any atom is -0.493 e. The fourth-order valence-corrected chi connectivity index (χ4v) is 3.92. The van der Waals surface area contributed by atoms with Crippen LogP contribution in [0, 0.1) is 0 Å². The number of benzene rings is 2. The van der Waals surface area contributed by atoms with Crippen molar-refractivity contribution in [1.82, 2.24) is 5.32 Å². The molecule has 0 fully saturated rings. The normalized spacial score (nSPS) is 10.4. The fourth-order valence-electron chi connectivity index (χ4n) is 3.26. The van der Waals surface area contributed by atoms with Gasteiger partial charge in [-0.25, -0.2) is 0 Å². The molecule has 0 atom stereocenters. The molecule has 0 unspecified atom stereocenters. The number of rotatable bonds is 9. The molecule has 2 aromatic carbocycles. The molecule has 0 aliphatic rings. The highest BCUT2D eigenvalue weighted by Crippen LogP contribution is 2.40. The molecule has 6 heteroatoms. The van der Waals surface area contributed by atoms with Gasteiger partial charge in [0, 0.05) is 13.0 Å². The Morgan fingerprint density at radius 2 is 1.72 bits per heavy atom. The van der Waals surface area contributed by atoms with E-state index in [1.807, 2.05) is 30.3 Å². The van der Waals surface area contributed by atoms with E-state index in [2.05, 4.69) is 28.2 Å². The summed E-state index contributed by atoms with van der Waals surface area (Å²) in [6.45, 7) is 0.494. The number of ether oxygens (including phenoxy) is 3. The third kappa shape index (κ3) is 4.90. The molecule has 0 aliphatic carbocycles. The summed E-state index contributed by atoms with van der Waals surface area (Å²) in [6.07, 6.45) is 0.897. The van der Waals surface area contributed by atoms with Gasteiger partial charge in [0.1, 0.15) is 0 Å². The van der Waals surface area contributed by atoms with Crippen molar-refractivity contribution in [2.45, 2.75) is 19.4 Å². The van der Waals surface area contributed by atoms with E-state index in [0.717, 1.165) is 16.7 Å². The molecule has 0 aliphatic heterocycles. The third-order valence-corrected chi connectivity index (χ3v) is 5.42. The standard InChI is InChI=1S/C23H25NO4S/c1-26-20-10-8-16(22(27-2)23(20)28-3)9-11-21(25)24-14-17-6-4-5-7-19(17)18-12-13-29-15-18/h4-8,10,12-13,15H,9,11,14H2,1-3H3,(H,24,25). The molecule has 5 nitrogen and oxygen atoms in total. The maximum absolute atomic E-state index is 12.5. The van der Waals surface area contributed by atoms with Crippen LogP contribution < -0.4 is 19.5 Å². The first-order valence-corrected chi connectivity index (χ1v) is 10.3. The van der Waals surface area contributed by atoms with Crippen LogP contribution in [0.1, 0.15) is 17.5 Å². The van der Waals surface area contributed by atoms with Crippen LogP contribution in [0.15, 0.2) is 53.2 Å². The van der Waals surface area contributed by atoms with Crippen LogP contribution in [0.3, 0.4) is 0 Å². The quantitative estimate of drug-likeness (QED) is 0.555. The van der Waals surface area contributed by atoms with Crippen molar-refractivity contribution in [3.8, 4) is 28.4 Å². The molecule has 0 saturated heterocycles. The van der Waals surface area contributed by atoms with Gasteiger partial charge in [0.2, 0.25) is 11.7 Å². The second kappa shape index (κ2) is 9.98. The van der Waals surface area contributed by atoms with E-state index in [1.165, 1.54) is 5.56 Å². The Hall–Kier alpha value is -2.99. The Kier molecular flexibility index (Phi) is 7.14. The molecular formula is C23H25NO4S. The van der Waals surface area contributed by atoms with Crippen LogP contribution in [0.4, 0.5) is 0 Å². The number of amides is 1. The number of hydrogen-bond acceptors (Lipinski definition) is 5. The predicted molar refractivity (Wildman–Crippen MR) is 116 cm³/mol. The van der Waals surface area contributed by atoms with Crippen molar-refractivity contribution in [2.24, 2.45) is 0 Å². The molecule has 3 rings (SSSR count). The summed E-state index contributed by atoms with van der Waals surface area (Å²) in [5, 5.41) is 7.20. The molecule has 1 heterocycles. The summed E-state index contributed by atoms with van der Waals surface area (Å²) < 4.78 is 16.2. The van der Waals surface area contributed by atoms with Crippen LogP contribution in [-0.2, 0) is 17.8 Å². The summed E-state index contributed by atoms with van der Waals surface area (Å²) >= 11 is 1.66. The van der Waals surface area contributed by atoms with Gasteiger partial charge in [-0.1, -0.05) is 30.3 Å². The highest BCUT2D eigenvalue weighted by Gasteiger charge is 2.16. The first kappa shape index (κ1) is 20.7. The summed E-state index contributed by atoms with van der Waals surface area (Å²) in [5.74, 6) is 1.73. The van der Waals surface area contributed by atoms with E-state index in [9.17, 15) is 4.79 Å². The van der Waals surface area contributed by atoms with Gasteiger partial charge in [0.05, 0.1) is 21.3 Å². The largest absolute Gasteiger partial charge is 0.493 e. The highest BCUT2D eigenvalue weighted by atomic mass is 32.1. The van der Waals surface area contributed by atoms with Crippen molar-refractivity contribution in [3.63, 3.8) is 0 Å². The van der Waals surface area contributed by atoms with Gasteiger partial charge >= 0.3 is 0 Å². The molecule has 3 aromatic rings. The van der Waals surface area contributed by atoms with E-state index in [0.29, 0.717) is 36.6 Å². The molecule has 1 aromatic heterocycles. The molecule has 0 bridgehead atoms. The molecule has 1 N–H and O–H groups in total. The van der Waals surface area contributed by atoms with E-state index in [1.54, 1.807) is 32.7 Å². The minimum absolute atomic E-state index is 0.0121. The maximum Gasteiger partial charge on any atom is 0.220 e.